The molecule has 2 aliphatic rings. The summed E-state index contributed by atoms with van der Waals surface area (Å²) in [5.41, 5.74) is 0.671. The number of rotatable bonds is 10. The second-order valence-electron chi connectivity index (χ2n) is 10.8. The minimum atomic E-state index is -0.990. The molecule has 37 heavy (non-hydrogen) atoms. The first-order valence-corrected chi connectivity index (χ1v) is 13.7. The summed E-state index contributed by atoms with van der Waals surface area (Å²) in [5.74, 6) is 0.231. The lowest BCUT2D eigenvalue weighted by Gasteiger charge is -2.30. The highest BCUT2D eigenvalue weighted by molar-refractivity contribution is 6.32. The van der Waals surface area contributed by atoms with Crippen LogP contribution in [0.1, 0.15) is 44.8 Å². The van der Waals surface area contributed by atoms with Crippen LogP contribution >= 0.6 is 23.2 Å². The number of ether oxygens (including phenoxy) is 1. The van der Waals surface area contributed by atoms with Crippen molar-refractivity contribution in [3.8, 4) is 5.75 Å². The second kappa shape index (κ2) is 12.2. The molecule has 2 saturated heterocycles. The lowest BCUT2D eigenvalue weighted by Crippen LogP contribution is -2.48. The number of hydrogen-bond acceptors (Lipinski definition) is 6. The van der Waals surface area contributed by atoms with Crippen LogP contribution in [0.2, 0.25) is 10.0 Å². The normalized spacial score (nSPS) is 20.2. The fourth-order valence-corrected chi connectivity index (χ4v) is 5.30. The van der Waals surface area contributed by atoms with Crippen molar-refractivity contribution < 1.29 is 19.7 Å². The molecule has 2 aliphatic heterocycles. The van der Waals surface area contributed by atoms with Crippen molar-refractivity contribution in [2.45, 2.75) is 50.9 Å². The molecule has 7 nitrogen and oxygen atoms in total. The van der Waals surface area contributed by atoms with Gasteiger partial charge >= 0.3 is 0 Å². The fraction of sp³-hybridized carbons (Fsp3) is 0.536. The van der Waals surface area contributed by atoms with Crippen molar-refractivity contribution in [2.75, 3.05) is 44.2 Å². The minimum Gasteiger partial charge on any atom is -0.489 e. The predicted octanol–water partition coefficient (Wildman–Crippen LogP) is 4.28. The van der Waals surface area contributed by atoms with Crippen LogP contribution in [0.5, 0.6) is 5.75 Å². The van der Waals surface area contributed by atoms with Gasteiger partial charge in [-0.05, 0) is 88.2 Å². The number of aliphatic hydroxyl groups excluding tert-OH is 1. The number of nitrogens with zero attached hydrogens (tertiary/aromatic N) is 2. The lowest BCUT2D eigenvalue weighted by molar-refractivity contribution is -0.126. The topological polar surface area (TPSA) is 85.3 Å². The first-order chi connectivity index (χ1) is 17.6. The molecule has 0 saturated carbocycles. The van der Waals surface area contributed by atoms with E-state index in [0.29, 0.717) is 34.4 Å². The number of benzene rings is 2. The summed E-state index contributed by atoms with van der Waals surface area (Å²) >= 11 is 12.5. The molecule has 0 unspecified atom stereocenters. The van der Waals surface area contributed by atoms with Crippen LogP contribution in [-0.4, -0.2) is 72.0 Å². The predicted molar refractivity (Wildman–Crippen MR) is 148 cm³/mol. The van der Waals surface area contributed by atoms with E-state index < -0.39 is 17.7 Å². The van der Waals surface area contributed by atoms with Gasteiger partial charge in [-0.3, -0.25) is 4.79 Å². The number of hydrogen-bond donors (Lipinski definition) is 3. The SMILES string of the molecule is CC(C)(O)COc1ccc([C@@H](O)[C@@H](CN2CCCC2)NC(=O)[C@@H]2CCN(c3ccc(Cl)cc3)C2)cc1Cl. The summed E-state index contributed by atoms with van der Waals surface area (Å²) in [7, 11) is 0. The van der Waals surface area contributed by atoms with E-state index in [1.165, 1.54) is 0 Å². The van der Waals surface area contributed by atoms with Crippen molar-refractivity contribution in [3.05, 3.63) is 58.1 Å². The number of aliphatic hydroxyl groups is 2. The number of carbonyl (C=O) groups is 1. The van der Waals surface area contributed by atoms with Crippen molar-refractivity contribution in [1.29, 1.82) is 0 Å². The molecule has 4 rings (SSSR count). The summed E-state index contributed by atoms with van der Waals surface area (Å²) in [6.45, 7) is 7.30. The highest BCUT2D eigenvalue weighted by Crippen LogP contribution is 2.31. The van der Waals surface area contributed by atoms with Crippen LogP contribution in [0.4, 0.5) is 5.69 Å². The Morgan fingerprint density at radius 1 is 1.14 bits per heavy atom. The first-order valence-electron chi connectivity index (χ1n) is 12.9. The van der Waals surface area contributed by atoms with Crippen LogP contribution in [0.3, 0.4) is 0 Å². The molecule has 1 amide bonds. The van der Waals surface area contributed by atoms with E-state index in [1.54, 1.807) is 32.0 Å². The fourth-order valence-electron chi connectivity index (χ4n) is 4.93. The van der Waals surface area contributed by atoms with E-state index >= 15 is 0 Å². The molecule has 0 spiro atoms. The minimum absolute atomic E-state index is 0.0454. The smallest absolute Gasteiger partial charge is 0.225 e. The number of anilines is 1. The largest absolute Gasteiger partial charge is 0.489 e. The van der Waals surface area contributed by atoms with Gasteiger partial charge in [0, 0.05) is 30.3 Å². The van der Waals surface area contributed by atoms with Crippen LogP contribution in [0.15, 0.2) is 42.5 Å². The first kappa shape index (κ1) is 28.0. The van der Waals surface area contributed by atoms with Gasteiger partial charge in [-0.15, -0.1) is 0 Å². The Balaban J connectivity index is 1.43. The third-order valence-electron chi connectivity index (χ3n) is 6.99. The highest BCUT2D eigenvalue weighted by Gasteiger charge is 2.33. The molecular formula is C28H37Cl2N3O4. The maximum Gasteiger partial charge on any atom is 0.225 e. The average molecular weight is 551 g/mol. The van der Waals surface area contributed by atoms with E-state index in [0.717, 1.165) is 44.6 Å². The van der Waals surface area contributed by atoms with Crippen molar-refractivity contribution in [3.63, 3.8) is 0 Å². The van der Waals surface area contributed by atoms with Crippen molar-refractivity contribution in [1.82, 2.24) is 10.2 Å². The van der Waals surface area contributed by atoms with Crippen molar-refractivity contribution in [2.24, 2.45) is 5.92 Å². The quantitative estimate of drug-likeness (QED) is 0.410. The Hall–Kier alpha value is -2.03. The number of likely N-dealkylation sites (tertiary alicyclic amines) is 1. The van der Waals surface area contributed by atoms with Crippen LogP contribution in [0.25, 0.3) is 0 Å². The molecule has 0 bridgehead atoms. The molecule has 2 aromatic carbocycles. The van der Waals surface area contributed by atoms with Gasteiger partial charge in [0.25, 0.3) is 0 Å². The van der Waals surface area contributed by atoms with E-state index in [1.807, 2.05) is 24.3 Å². The maximum atomic E-state index is 13.3. The monoisotopic (exact) mass is 549 g/mol. The van der Waals surface area contributed by atoms with Crippen LogP contribution in [-0.2, 0) is 4.79 Å². The Morgan fingerprint density at radius 2 is 1.84 bits per heavy atom. The summed E-state index contributed by atoms with van der Waals surface area (Å²) in [6.07, 6.45) is 2.06. The molecular weight excluding hydrogens is 513 g/mol. The zero-order chi connectivity index (χ0) is 26.6. The molecule has 3 N–H and O–H groups in total. The van der Waals surface area contributed by atoms with Gasteiger partial charge in [-0.1, -0.05) is 29.3 Å². The van der Waals surface area contributed by atoms with Gasteiger partial charge in [-0.2, -0.15) is 0 Å². The molecule has 0 aromatic heterocycles. The third-order valence-corrected chi connectivity index (χ3v) is 7.54. The van der Waals surface area contributed by atoms with Gasteiger partial charge in [0.15, 0.2) is 0 Å². The van der Waals surface area contributed by atoms with Gasteiger partial charge in [-0.25, -0.2) is 0 Å². The molecule has 2 heterocycles. The zero-order valence-corrected chi connectivity index (χ0v) is 23.0. The molecule has 2 aromatic rings. The number of nitrogens with one attached hydrogen (secondary N) is 1. The Bertz CT molecular complexity index is 1050. The highest BCUT2D eigenvalue weighted by atomic mass is 35.5. The van der Waals surface area contributed by atoms with E-state index in [4.69, 9.17) is 27.9 Å². The lowest BCUT2D eigenvalue weighted by atomic mass is 10.00. The Labute approximate surface area is 229 Å². The Kier molecular flexibility index (Phi) is 9.24. The summed E-state index contributed by atoms with van der Waals surface area (Å²) in [5, 5.41) is 25.5. The molecule has 0 radical (unpaired) electrons. The Morgan fingerprint density at radius 3 is 2.49 bits per heavy atom. The van der Waals surface area contributed by atoms with E-state index in [2.05, 4.69) is 15.1 Å². The molecule has 9 heteroatoms. The number of carbonyl (C=O) groups excluding carboxylic acids is 1. The van der Waals surface area contributed by atoms with Gasteiger partial charge in [0.2, 0.25) is 5.91 Å². The second-order valence-corrected chi connectivity index (χ2v) is 11.6. The maximum absolute atomic E-state index is 13.3. The van der Waals surface area contributed by atoms with Gasteiger partial charge < -0.3 is 30.1 Å². The average Bonchev–Trinajstić information content (AvgIpc) is 3.55. The third kappa shape index (κ3) is 7.74. The van der Waals surface area contributed by atoms with E-state index in [9.17, 15) is 15.0 Å². The zero-order valence-electron chi connectivity index (χ0n) is 21.5. The number of halogens is 2. The van der Waals surface area contributed by atoms with Crippen molar-refractivity contribution >= 4 is 34.8 Å². The van der Waals surface area contributed by atoms with Crippen LogP contribution < -0.4 is 15.0 Å². The standard InChI is InChI=1S/C28H37Cl2N3O4/c1-28(2,36)18-37-25-10-5-19(15-23(25)30)26(34)24(17-32-12-3-4-13-32)31-27(35)20-11-14-33(16-20)22-8-6-21(29)7-9-22/h5-10,15,20,24,26,34,36H,3-4,11-14,16-18H2,1-2H3,(H,31,35)/t20-,24-,26-/m1/s1. The summed E-state index contributed by atoms with van der Waals surface area (Å²) in [6, 6.07) is 12.3. The molecule has 0 aliphatic carbocycles. The molecule has 2 fully saturated rings. The van der Waals surface area contributed by atoms with Gasteiger partial charge in [0.05, 0.1) is 22.6 Å². The molecule has 202 valence electrons. The summed E-state index contributed by atoms with van der Waals surface area (Å²) in [4.78, 5) is 17.8. The van der Waals surface area contributed by atoms with E-state index in [-0.39, 0.29) is 18.4 Å². The van der Waals surface area contributed by atoms with Gasteiger partial charge in [0.1, 0.15) is 18.5 Å². The number of amides is 1. The molecule has 3 atom stereocenters. The van der Waals surface area contributed by atoms with Crippen LogP contribution in [0, 0.1) is 5.92 Å². The summed E-state index contributed by atoms with van der Waals surface area (Å²) < 4.78 is 5.64.